The lowest BCUT2D eigenvalue weighted by atomic mass is 10.1. The molecule has 0 unspecified atom stereocenters. The third-order valence-electron chi connectivity index (χ3n) is 5.89. The van der Waals surface area contributed by atoms with Crippen molar-refractivity contribution in [3.05, 3.63) is 145 Å². The van der Waals surface area contributed by atoms with Crippen LogP contribution in [0.3, 0.4) is 0 Å². The number of aromatic nitrogens is 2. The molecule has 0 radical (unpaired) electrons. The highest BCUT2D eigenvalue weighted by molar-refractivity contribution is 5.87. The summed E-state index contributed by atoms with van der Waals surface area (Å²) in [5.74, 6) is 1.65. The summed E-state index contributed by atoms with van der Waals surface area (Å²) in [5, 5.41) is 13.6. The highest BCUT2D eigenvalue weighted by Crippen LogP contribution is 2.26. The van der Waals surface area contributed by atoms with Gasteiger partial charge in [-0.1, -0.05) is 84.9 Å². The van der Waals surface area contributed by atoms with E-state index < -0.39 is 0 Å². The molecule has 37 heavy (non-hydrogen) atoms. The standard InChI is InChI=1S/C16H14NO2.C16H13NO/c18-17-10-9-14-7-4-8-16(15(14)11-17)19-12-13-5-2-1-3-6-13;1-2-5-13(6-3-1)12-18-16-8-4-7-14-9-10-17-11-15(14)16/h1-11,18H,12H2;1-11H,12H2/q+1;. The smallest absolute Gasteiger partial charge is 0.233 e. The molecule has 0 amide bonds. The van der Waals surface area contributed by atoms with Gasteiger partial charge in [-0.05, 0) is 40.1 Å². The first-order valence-electron chi connectivity index (χ1n) is 12.1. The quantitative estimate of drug-likeness (QED) is 0.208. The van der Waals surface area contributed by atoms with E-state index in [0.717, 1.165) is 43.3 Å². The topological polar surface area (TPSA) is 55.5 Å². The molecule has 2 heterocycles. The molecule has 6 rings (SSSR count). The molecule has 0 bridgehead atoms. The predicted octanol–water partition coefficient (Wildman–Crippen LogP) is 6.76. The summed E-state index contributed by atoms with van der Waals surface area (Å²) in [5.41, 5.74) is 2.28. The van der Waals surface area contributed by atoms with Crippen LogP contribution < -0.4 is 14.2 Å². The summed E-state index contributed by atoms with van der Waals surface area (Å²) < 4.78 is 12.7. The summed E-state index contributed by atoms with van der Waals surface area (Å²) in [6.45, 7) is 1.09. The van der Waals surface area contributed by atoms with Crippen molar-refractivity contribution in [2.24, 2.45) is 0 Å². The van der Waals surface area contributed by atoms with Gasteiger partial charge in [-0.25, -0.2) is 0 Å². The zero-order valence-corrected chi connectivity index (χ0v) is 20.3. The van der Waals surface area contributed by atoms with Crippen molar-refractivity contribution in [1.29, 1.82) is 0 Å². The minimum Gasteiger partial charge on any atom is -0.488 e. The molecular formula is C32H27N2O3+. The van der Waals surface area contributed by atoms with Crippen LogP contribution in [-0.2, 0) is 13.2 Å². The number of hydrogen-bond acceptors (Lipinski definition) is 4. The lowest BCUT2D eigenvalue weighted by Crippen LogP contribution is -2.27. The van der Waals surface area contributed by atoms with E-state index in [2.05, 4.69) is 23.2 Å². The second-order valence-corrected chi connectivity index (χ2v) is 8.49. The molecule has 1 N–H and O–H groups in total. The van der Waals surface area contributed by atoms with E-state index in [9.17, 15) is 5.21 Å². The van der Waals surface area contributed by atoms with E-state index in [4.69, 9.17) is 9.47 Å². The largest absolute Gasteiger partial charge is 0.488 e. The summed E-state index contributed by atoms with van der Waals surface area (Å²) in [6.07, 6.45) is 6.89. The number of fused-ring (bicyclic) bond motifs is 2. The molecule has 0 aliphatic heterocycles. The number of rotatable bonds is 6. The molecule has 5 heteroatoms. The number of pyridine rings is 2. The average Bonchev–Trinajstić information content (AvgIpc) is 2.96. The maximum absolute atomic E-state index is 9.50. The van der Waals surface area contributed by atoms with Gasteiger partial charge in [-0.3, -0.25) is 10.2 Å². The lowest BCUT2D eigenvalue weighted by Gasteiger charge is -2.08. The number of nitrogens with zero attached hydrogens (tertiary/aromatic N) is 2. The van der Waals surface area contributed by atoms with Crippen LogP contribution in [0.15, 0.2) is 134 Å². The number of ether oxygens (including phenoxy) is 2. The lowest BCUT2D eigenvalue weighted by molar-refractivity contribution is -0.903. The van der Waals surface area contributed by atoms with Crippen LogP contribution in [-0.4, -0.2) is 10.2 Å². The highest BCUT2D eigenvalue weighted by Gasteiger charge is 2.07. The Bertz CT molecular complexity index is 1580. The van der Waals surface area contributed by atoms with Gasteiger partial charge in [0, 0.05) is 28.6 Å². The van der Waals surface area contributed by atoms with Crippen LogP contribution in [0.1, 0.15) is 11.1 Å². The van der Waals surface area contributed by atoms with Crippen molar-refractivity contribution >= 4 is 21.5 Å². The molecule has 6 aromatic rings. The van der Waals surface area contributed by atoms with Crippen molar-refractivity contribution < 1.29 is 19.4 Å². The molecule has 2 aromatic heterocycles. The molecule has 0 aliphatic carbocycles. The maximum Gasteiger partial charge on any atom is 0.233 e. The van der Waals surface area contributed by atoms with Crippen LogP contribution >= 0.6 is 0 Å². The van der Waals surface area contributed by atoms with Crippen molar-refractivity contribution in [3.63, 3.8) is 0 Å². The van der Waals surface area contributed by atoms with Gasteiger partial charge in [0.2, 0.25) is 12.4 Å². The Kier molecular flexibility index (Phi) is 7.53. The van der Waals surface area contributed by atoms with Crippen molar-refractivity contribution in [2.45, 2.75) is 13.2 Å². The fraction of sp³-hybridized carbons (Fsp3) is 0.0625. The first-order valence-corrected chi connectivity index (χ1v) is 12.1. The molecule has 182 valence electrons. The van der Waals surface area contributed by atoms with E-state index in [0.29, 0.717) is 13.2 Å². The summed E-state index contributed by atoms with van der Waals surface area (Å²) in [6, 6.07) is 35.9. The molecule has 0 saturated carbocycles. The van der Waals surface area contributed by atoms with E-state index in [1.54, 1.807) is 18.6 Å². The maximum atomic E-state index is 9.50. The number of benzene rings is 4. The molecule has 4 aromatic carbocycles. The first kappa shape index (κ1) is 23.8. The molecular weight excluding hydrogens is 460 g/mol. The van der Waals surface area contributed by atoms with Crippen LogP contribution in [0.5, 0.6) is 11.5 Å². The average molecular weight is 488 g/mol. The Morgan fingerprint density at radius 2 is 1.16 bits per heavy atom. The Hall–Kier alpha value is -4.90. The van der Waals surface area contributed by atoms with Crippen LogP contribution in [0.25, 0.3) is 21.5 Å². The fourth-order valence-electron chi connectivity index (χ4n) is 3.98. The summed E-state index contributed by atoms with van der Waals surface area (Å²) in [4.78, 5) is 4.15. The number of hydrogen-bond donors (Lipinski definition) is 1. The molecule has 0 spiro atoms. The Morgan fingerprint density at radius 3 is 1.78 bits per heavy atom. The highest BCUT2D eigenvalue weighted by atomic mass is 16.5. The van der Waals surface area contributed by atoms with Gasteiger partial charge >= 0.3 is 0 Å². The van der Waals surface area contributed by atoms with Gasteiger partial charge in [-0.15, -0.1) is 0 Å². The van der Waals surface area contributed by atoms with Gasteiger partial charge in [0.1, 0.15) is 24.7 Å². The van der Waals surface area contributed by atoms with E-state index in [1.165, 1.54) is 5.56 Å². The Morgan fingerprint density at radius 1 is 0.595 bits per heavy atom. The van der Waals surface area contributed by atoms with Crippen LogP contribution in [0, 0.1) is 0 Å². The van der Waals surface area contributed by atoms with Gasteiger partial charge in [0.15, 0.2) is 0 Å². The molecule has 0 atom stereocenters. The zero-order valence-electron chi connectivity index (χ0n) is 20.3. The minimum atomic E-state index is 0.514. The second kappa shape index (κ2) is 11.7. The van der Waals surface area contributed by atoms with Crippen LogP contribution in [0.2, 0.25) is 0 Å². The van der Waals surface area contributed by atoms with E-state index in [-0.39, 0.29) is 0 Å². The zero-order chi connectivity index (χ0) is 25.3. The normalized spacial score (nSPS) is 10.5. The van der Waals surface area contributed by atoms with Crippen molar-refractivity contribution in [3.8, 4) is 11.5 Å². The minimum absolute atomic E-state index is 0.514. The first-order chi connectivity index (χ1) is 18.3. The second-order valence-electron chi connectivity index (χ2n) is 8.49. The van der Waals surface area contributed by atoms with E-state index in [1.807, 2.05) is 97.2 Å². The Labute approximate surface area is 215 Å². The van der Waals surface area contributed by atoms with Crippen LogP contribution in [0.4, 0.5) is 0 Å². The van der Waals surface area contributed by atoms with Gasteiger partial charge in [0.05, 0.1) is 5.39 Å². The fourth-order valence-corrected chi connectivity index (χ4v) is 3.98. The third kappa shape index (κ3) is 6.21. The molecule has 0 saturated heterocycles. The third-order valence-corrected chi connectivity index (χ3v) is 5.89. The van der Waals surface area contributed by atoms with E-state index >= 15 is 0 Å². The van der Waals surface area contributed by atoms with Gasteiger partial charge in [0.25, 0.3) is 0 Å². The van der Waals surface area contributed by atoms with Gasteiger partial charge in [-0.2, -0.15) is 0 Å². The summed E-state index contributed by atoms with van der Waals surface area (Å²) in [7, 11) is 0. The van der Waals surface area contributed by atoms with Crippen molar-refractivity contribution in [2.75, 3.05) is 0 Å². The SMILES string of the molecule is O[n+]1ccc2cccc(OCc3ccccc3)c2c1.c1ccc(COc2cccc3ccncc23)cc1. The predicted molar refractivity (Wildman–Crippen MR) is 145 cm³/mol. The molecule has 0 aliphatic rings. The summed E-state index contributed by atoms with van der Waals surface area (Å²) >= 11 is 0. The van der Waals surface area contributed by atoms with Crippen molar-refractivity contribution in [1.82, 2.24) is 4.98 Å². The molecule has 0 fully saturated rings. The Balaban J connectivity index is 0.000000152. The molecule has 5 nitrogen and oxygen atoms in total. The van der Waals surface area contributed by atoms with Gasteiger partial charge < -0.3 is 9.47 Å². The monoisotopic (exact) mass is 487 g/mol.